The second kappa shape index (κ2) is 7.59. The van der Waals surface area contributed by atoms with Crippen molar-refractivity contribution in [3.8, 4) is 0 Å². The lowest BCUT2D eigenvalue weighted by atomic mass is 9.98. The summed E-state index contributed by atoms with van der Waals surface area (Å²) < 4.78 is 3.20. The topological polar surface area (TPSA) is 67.1 Å². The van der Waals surface area contributed by atoms with Crippen molar-refractivity contribution >= 4 is 21.6 Å². The Morgan fingerprint density at radius 1 is 1.28 bits per heavy atom. The van der Waals surface area contributed by atoms with Crippen LogP contribution in [0.1, 0.15) is 23.5 Å². The number of rotatable bonds is 6. The maximum Gasteiger partial charge on any atom is 0.108 e. The fraction of sp³-hybridized carbons (Fsp3) is 0.500. The molecule has 1 fully saturated rings. The Bertz CT molecular complexity index is 797. The van der Waals surface area contributed by atoms with Gasteiger partial charge >= 0.3 is 0 Å². The molecular weight excluding hydrogens is 334 g/mol. The monoisotopic (exact) mass is 357 g/mol. The average molecular weight is 357 g/mol. The van der Waals surface area contributed by atoms with Crippen molar-refractivity contribution in [2.45, 2.75) is 32.4 Å². The highest BCUT2D eigenvalue weighted by Gasteiger charge is 2.21. The predicted molar refractivity (Wildman–Crippen MR) is 98.4 cm³/mol. The van der Waals surface area contributed by atoms with Crippen molar-refractivity contribution in [2.24, 2.45) is 5.92 Å². The van der Waals surface area contributed by atoms with Crippen LogP contribution in [0.3, 0.4) is 0 Å². The molecule has 25 heavy (non-hydrogen) atoms. The number of benzene rings is 1. The molecular formula is C18H23N5OS. The zero-order valence-corrected chi connectivity index (χ0v) is 15.0. The van der Waals surface area contributed by atoms with E-state index in [0.29, 0.717) is 12.3 Å². The first kappa shape index (κ1) is 16.6. The number of hydrogen-bond acceptors (Lipinski definition) is 6. The number of para-hydroxylation sites is 1. The molecule has 0 unspecified atom stereocenters. The molecule has 0 radical (unpaired) electrons. The standard InChI is InChI=1S/C18H23N5OS/c24-9-7-15-12-23(21-20-15)11-14-4-3-8-22(10-14)13-18-19-16-5-1-2-6-17(16)25-18/h1-2,5-6,12,14,24H,3-4,7-11,13H2/t14-/m0/s1. The molecule has 4 rings (SSSR count). The molecule has 1 saturated heterocycles. The highest BCUT2D eigenvalue weighted by Crippen LogP contribution is 2.25. The van der Waals surface area contributed by atoms with Crippen LogP contribution in [0.2, 0.25) is 0 Å². The van der Waals surface area contributed by atoms with E-state index in [9.17, 15) is 0 Å². The quantitative estimate of drug-likeness (QED) is 0.733. The summed E-state index contributed by atoms with van der Waals surface area (Å²) in [5.74, 6) is 0.590. The van der Waals surface area contributed by atoms with Crippen molar-refractivity contribution in [2.75, 3.05) is 19.7 Å². The summed E-state index contributed by atoms with van der Waals surface area (Å²) in [6.07, 6.45) is 4.98. The lowest BCUT2D eigenvalue weighted by Crippen LogP contribution is -2.36. The highest BCUT2D eigenvalue weighted by molar-refractivity contribution is 7.18. The lowest BCUT2D eigenvalue weighted by molar-refractivity contribution is 0.152. The van der Waals surface area contributed by atoms with Crippen LogP contribution in [0.4, 0.5) is 0 Å². The van der Waals surface area contributed by atoms with Gasteiger partial charge in [0.15, 0.2) is 0 Å². The molecule has 3 heterocycles. The second-order valence-electron chi connectivity index (χ2n) is 6.72. The van der Waals surface area contributed by atoms with Gasteiger partial charge in [0.2, 0.25) is 0 Å². The number of aliphatic hydroxyl groups excluding tert-OH is 1. The van der Waals surface area contributed by atoms with Crippen molar-refractivity contribution in [3.63, 3.8) is 0 Å². The molecule has 1 aliphatic heterocycles. The van der Waals surface area contributed by atoms with Crippen LogP contribution >= 0.6 is 11.3 Å². The van der Waals surface area contributed by atoms with Crippen LogP contribution in [-0.2, 0) is 19.5 Å². The smallest absolute Gasteiger partial charge is 0.108 e. The predicted octanol–water partition coefficient (Wildman–Crippen LogP) is 2.33. The van der Waals surface area contributed by atoms with E-state index >= 15 is 0 Å². The molecule has 1 aliphatic rings. The van der Waals surface area contributed by atoms with Gasteiger partial charge < -0.3 is 5.11 Å². The molecule has 1 N–H and O–H groups in total. The number of nitrogens with zero attached hydrogens (tertiary/aromatic N) is 5. The molecule has 132 valence electrons. The van der Waals surface area contributed by atoms with Gasteiger partial charge in [0.25, 0.3) is 0 Å². The average Bonchev–Trinajstić information content (AvgIpc) is 3.21. The Morgan fingerprint density at radius 3 is 3.08 bits per heavy atom. The van der Waals surface area contributed by atoms with E-state index in [1.807, 2.05) is 16.9 Å². The molecule has 3 aromatic rings. The van der Waals surface area contributed by atoms with Crippen molar-refractivity contribution < 1.29 is 5.11 Å². The van der Waals surface area contributed by atoms with E-state index in [-0.39, 0.29) is 6.61 Å². The molecule has 7 heteroatoms. The van der Waals surface area contributed by atoms with Gasteiger partial charge in [-0.05, 0) is 37.4 Å². The summed E-state index contributed by atoms with van der Waals surface area (Å²) in [4.78, 5) is 7.28. The van der Waals surface area contributed by atoms with Crippen LogP contribution in [0.15, 0.2) is 30.5 Å². The van der Waals surface area contributed by atoms with E-state index in [1.165, 1.54) is 22.5 Å². The molecule has 1 aromatic carbocycles. The third-order valence-corrected chi connectivity index (χ3v) is 5.72. The van der Waals surface area contributed by atoms with Crippen LogP contribution < -0.4 is 0 Å². The minimum atomic E-state index is 0.123. The molecule has 2 aromatic heterocycles. The minimum Gasteiger partial charge on any atom is -0.396 e. The first-order chi connectivity index (χ1) is 12.3. The van der Waals surface area contributed by atoms with Crippen molar-refractivity contribution in [1.29, 1.82) is 0 Å². The first-order valence-corrected chi connectivity index (χ1v) is 9.68. The number of likely N-dealkylation sites (tertiary alicyclic amines) is 1. The van der Waals surface area contributed by atoms with Crippen LogP contribution in [0.5, 0.6) is 0 Å². The van der Waals surface area contributed by atoms with Gasteiger partial charge in [-0.15, -0.1) is 16.4 Å². The fourth-order valence-corrected chi connectivity index (χ4v) is 4.55. The number of thiazole rings is 1. The molecule has 6 nitrogen and oxygen atoms in total. The van der Waals surface area contributed by atoms with Gasteiger partial charge in [0.05, 0.1) is 22.5 Å². The van der Waals surface area contributed by atoms with Gasteiger partial charge in [-0.25, -0.2) is 4.98 Å². The van der Waals surface area contributed by atoms with E-state index in [1.54, 1.807) is 11.3 Å². The largest absolute Gasteiger partial charge is 0.396 e. The van der Waals surface area contributed by atoms with Gasteiger partial charge in [-0.3, -0.25) is 9.58 Å². The summed E-state index contributed by atoms with van der Waals surface area (Å²) in [5, 5.41) is 18.5. The van der Waals surface area contributed by atoms with E-state index in [4.69, 9.17) is 10.1 Å². The second-order valence-corrected chi connectivity index (χ2v) is 7.84. The number of aliphatic hydroxyl groups is 1. The molecule has 0 bridgehead atoms. The van der Waals surface area contributed by atoms with Gasteiger partial charge in [0, 0.05) is 32.3 Å². The molecule has 0 amide bonds. The maximum atomic E-state index is 8.99. The fourth-order valence-electron chi connectivity index (χ4n) is 3.54. The van der Waals surface area contributed by atoms with Gasteiger partial charge in [0.1, 0.15) is 5.01 Å². The highest BCUT2D eigenvalue weighted by atomic mass is 32.1. The van der Waals surface area contributed by atoms with Gasteiger partial charge in [-0.2, -0.15) is 0 Å². The number of piperidine rings is 1. The Hall–Kier alpha value is -1.83. The molecule has 0 saturated carbocycles. The van der Waals surface area contributed by atoms with Crippen molar-refractivity contribution in [3.05, 3.63) is 41.2 Å². The SMILES string of the molecule is OCCc1cn(C[C@H]2CCCN(Cc3nc4ccccc4s3)C2)nn1. The van der Waals surface area contributed by atoms with Crippen molar-refractivity contribution in [1.82, 2.24) is 24.9 Å². The zero-order valence-electron chi connectivity index (χ0n) is 14.2. The van der Waals surface area contributed by atoms with Gasteiger partial charge in [-0.1, -0.05) is 17.3 Å². The molecule has 0 spiro atoms. The number of fused-ring (bicyclic) bond motifs is 1. The van der Waals surface area contributed by atoms with E-state index < -0.39 is 0 Å². The third-order valence-electron chi connectivity index (χ3n) is 4.70. The zero-order chi connectivity index (χ0) is 17.1. The van der Waals surface area contributed by atoms with E-state index in [0.717, 1.165) is 37.4 Å². The number of aromatic nitrogens is 4. The van der Waals surface area contributed by atoms with Crippen LogP contribution in [0, 0.1) is 5.92 Å². The normalized spacial score (nSPS) is 18.8. The van der Waals surface area contributed by atoms with Crippen LogP contribution in [0.25, 0.3) is 10.2 Å². The maximum absolute atomic E-state index is 8.99. The lowest BCUT2D eigenvalue weighted by Gasteiger charge is -2.31. The summed E-state index contributed by atoms with van der Waals surface area (Å²) in [7, 11) is 0. The Balaban J connectivity index is 1.36. The minimum absolute atomic E-state index is 0.123. The Kier molecular flexibility index (Phi) is 5.05. The number of hydrogen-bond donors (Lipinski definition) is 1. The molecule has 0 aliphatic carbocycles. The van der Waals surface area contributed by atoms with Crippen LogP contribution in [-0.4, -0.2) is 49.7 Å². The summed E-state index contributed by atoms with van der Waals surface area (Å²) >= 11 is 1.80. The first-order valence-electron chi connectivity index (χ1n) is 8.87. The summed E-state index contributed by atoms with van der Waals surface area (Å²) in [6, 6.07) is 8.35. The molecule has 1 atom stereocenters. The summed E-state index contributed by atoms with van der Waals surface area (Å²) in [5.41, 5.74) is 1.97. The summed E-state index contributed by atoms with van der Waals surface area (Å²) in [6.45, 7) is 4.17. The van der Waals surface area contributed by atoms with E-state index in [2.05, 4.69) is 33.4 Å². The Morgan fingerprint density at radius 2 is 2.20 bits per heavy atom. The Labute approximate surface area is 151 Å². The third kappa shape index (κ3) is 4.05.